The van der Waals surface area contributed by atoms with Crippen LogP contribution in [0, 0.1) is 10.1 Å². The van der Waals surface area contributed by atoms with E-state index in [4.69, 9.17) is 0 Å². The highest BCUT2D eigenvalue weighted by atomic mass is 32.2. The molecule has 0 saturated heterocycles. The first-order chi connectivity index (χ1) is 12.3. The number of benzene rings is 2. The van der Waals surface area contributed by atoms with E-state index >= 15 is 0 Å². The second kappa shape index (κ2) is 6.85. The molecule has 1 amide bonds. The molecule has 1 saturated carbocycles. The van der Waals surface area contributed by atoms with Crippen LogP contribution in [-0.2, 0) is 10.0 Å². The van der Waals surface area contributed by atoms with Gasteiger partial charge in [0.1, 0.15) is 0 Å². The van der Waals surface area contributed by atoms with Gasteiger partial charge in [0.15, 0.2) is 0 Å². The quantitative estimate of drug-likeness (QED) is 0.616. The fraction of sp³-hybridized carbons (Fsp3) is 0.235. The number of nitro groups is 1. The first-order valence-electron chi connectivity index (χ1n) is 7.93. The average molecular weight is 375 g/mol. The van der Waals surface area contributed by atoms with E-state index in [-0.39, 0.29) is 22.2 Å². The molecule has 0 aliphatic heterocycles. The van der Waals surface area contributed by atoms with Crippen LogP contribution in [0.1, 0.15) is 23.2 Å². The first-order valence-corrected chi connectivity index (χ1v) is 9.37. The van der Waals surface area contributed by atoms with Crippen molar-refractivity contribution in [2.24, 2.45) is 0 Å². The van der Waals surface area contributed by atoms with Crippen LogP contribution in [-0.4, -0.2) is 36.6 Å². The van der Waals surface area contributed by atoms with E-state index in [0.717, 1.165) is 12.8 Å². The highest BCUT2D eigenvalue weighted by Gasteiger charge is 2.34. The van der Waals surface area contributed by atoms with Crippen molar-refractivity contribution in [3.63, 3.8) is 0 Å². The molecule has 2 aromatic rings. The standard InChI is InChI=1S/C17H17N3O5S/c1-19(14-8-9-14)26(24,25)16-10-2-12(3-11-16)17(21)18-13-4-6-15(7-5-13)20(22)23/h2-7,10-11,14H,8-9H2,1H3,(H,18,21). The Labute approximate surface area is 150 Å². The summed E-state index contributed by atoms with van der Waals surface area (Å²) in [6.45, 7) is 0. The maximum absolute atomic E-state index is 12.4. The third-order valence-electron chi connectivity index (χ3n) is 4.19. The maximum atomic E-state index is 12.4. The Morgan fingerprint density at radius 3 is 2.19 bits per heavy atom. The lowest BCUT2D eigenvalue weighted by Gasteiger charge is -2.16. The summed E-state index contributed by atoms with van der Waals surface area (Å²) in [5, 5.41) is 13.2. The highest BCUT2D eigenvalue weighted by Crippen LogP contribution is 2.30. The van der Waals surface area contributed by atoms with E-state index in [9.17, 15) is 23.3 Å². The van der Waals surface area contributed by atoms with Gasteiger partial charge in [-0.15, -0.1) is 0 Å². The highest BCUT2D eigenvalue weighted by molar-refractivity contribution is 7.89. The lowest BCUT2D eigenvalue weighted by atomic mass is 10.2. The summed E-state index contributed by atoms with van der Waals surface area (Å²) in [7, 11) is -1.99. The van der Waals surface area contributed by atoms with Crippen molar-refractivity contribution in [2.45, 2.75) is 23.8 Å². The molecular weight excluding hydrogens is 358 g/mol. The van der Waals surface area contributed by atoms with Gasteiger partial charge in [-0.25, -0.2) is 8.42 Å². The van der Waals surface area contributed by atoms with Gasteiger partial charge >= 0.3 is 0 Å². The van der Waals surface area contributed by atoms with Crippen LogP contribution in [0.15, 0.2) is 53.4 Å². The molecule has 3 rings (SSSR count). The van der Waals surface area contributed by atoms with Crippen molar-refractivity contribution >= 4 is 27.3 Å². The minimum absolute atomic E-state index is 0.0603. The van der Waals surface area contributed by atoms with Gasteiger partial charge in [-0.3, -0.25) is 14.9 Å². The molecule has 1 aliphatic carbocycles. The molecule has 0 spiro atoms. The summed E-state index contributed by atoms with van der Waals surface area (Å²) >= 11 is 0. The van der Waals surface area contributed by atoms with Gasteiger partial charge < -0.3 is 5.32 Å². The molecule has 1 fully saturated rings. The van der Waals surface area contributed by atoms with Crippen molar-refractivity contribution in [3.05, 3.63) is 64.2 Å². The number of sulfonamides is 1. The van der Waals surface area contributed by atoms with E-state index in [1.165, 1.54) is 52.8 Å². The summed E-state index contributed by atoms with van der Waals surface area (Å²) in [6, 6.07) is 11.2. The van der Waals surface area contributed by atoms with Gasteiger partial charge in [0, 0.05) is 36.5 Å². The number of hydrogen-bond donors (Lipinski definition) is 1. The van der Waals surface area contributed by atoms with Crippen LogP contribution in [0.3, 0.4) is 0 Å². The number of carbonyl (C=O) groups excluding carboxylic acids is 1. The van der Waals surface area contributed by atoms with Gasteiger partial charge in [-0.05, 0) is 49.2 Å². The molecule has 136 valence electrons. The maximum Gasteiger partial charge on any atom is 0.269 e. The lowest BCUT2D eigenvalue weighted by molar-refractivity contribution is -0.384. The topological polar surface area (TPSA) is 110 Å². The zero-order chi connectivity index (χ0) is 18.9. The number of hydrogen-bond acceptors (Lipinski definition) is 5. The number of carbonyl (C=O) groups is 1. The molecular formula is C17H17N3O5S. The molecule has 0 atom stereocenters. The molecule has 0 bridgehead atoms. The number of rotatable bonds is 6. The van der Waals surface area contributed by atoms with Crippen molar-refractivity contribution < 1.29 is 18.1 Å². The predicted octanol–water partition coefficient (Wildman–Crippen LogP) is 2.63. The number of non-ortho nitro benzene ring substituents is 1. The van der Waals surface area contributed by atoms with Crippen molar-refractivity contribution in [1.82, 2.24) is 4.31 Å². The van der Waals surface area contributed by atoms with Gasteiger partial charge in [-0.1, -0.05) is 0 Å². The zero-order valence-corrected chi connectivity index (χ0v) is 14.8. The normalized spacial score (nSPS) is 14.2. The minimum Gasteiger partial charge on any atom is -0.322 e. The van der Waals surface area contributed by atoms with Crippen LogP contribution in [0.5, 0.6) is 0 Å². The number of nitrogens with one attached hydrogen (secondary N) is 1. The van der Waals surface area contributed by atoms with E-state index in [0.29, 0.717) is 5.69 Å². The van der Waals surface area contributed by atoms with Gasteiger partial charge in [0.2, 0.25) is 10.0 Å². The molecule has 9 heteroatoms. The predicted molar refractivity (Wildman–Crippen MR) is 95.5 cm³/mol. The van der Waals surface area contributed by atoms with Crippen LogP contribution in [0.25, 0.3) is 0 Å². The Bertz CT molecular complexity index is 935. The molecule has 0 radical (unpaired) electrons. The van der Waals surface area contributed by atoms with Crippen LogP contribution < -0.4 is 5.32 Å². The zero-order valence-electron chi connectivity index (χ0n) is 14.0. The Morgan fingerprint density at radius 1 is 1.12 bits per heavy atom. The first kappa shape index (κ1) is 18.0. The van der Waals surface area contributed by atoms with Crippen LogP contribution in [0.2, 0.25) is 0 Å². The fourth-order valence-electron chi connectivity index (χ4n) is 2.45. The van der Waals surface area contributed by atoms with E-state index < -0.39 is 20.9 Å². The molecule has 2 aromatic carbocycles. The molecule has 8 nitrogen and oxygen atoms in total. The molecule has 0 heterocycles. The van der Waals surface area contributed by atoms with Crippen LogP contribution >= 0.6 is 0 Å². The largest absolute Gasteiger partial charge is 0.322 e. The van der Waals surface area contributed by atoms with Crippen molar-refractivity contribution in [3.8, 4) is 0 Å². The Kier molecular flexibility index (Phi) is 4.75. The second-order valence-corrected chi connectivity index (χ2v) is 8.03. The average Bonchev–Trinajstić information content (AvgIpc) is 3.46. The smallest absolute Gasteiger partial charge is 0.269 e. The van der Waals surface area contributed by atoms with Crippen molar-refractivity contribution in [1.29, 1.82) is 0 Å². The van der Waals surface area contributed by atoms with Gasteiger partial charge in [-0.2, -0.15) is 4.31 Å². The van der Waals surface area contributed by atoms with E-state index in [1.54, 1.807) is 7.05 Å². The van der Waals surface area contributed by atoms with Crippen molar-refractivity contribution in [2.75, 3.05) is 12.4 Å². The summed E-state index contributed by atoms with van der Waals surface area (Å²) in [4.78, 5) is 22.5. The molecule has 1 aliphatic rings. The van der Waals surface area contributed by atoms with Gasteiger partial charge in [0.05, 0.1) is 9.82 Å². The Hall–Kier alpha value is -2.78. The van der Waals surface area contributed by atoms with Gasteiger partial charge in [0.25, 0.3) is 11.6 Å². The summed E-state index contributed by atoms with van der Waals surface area (Å²) in [5.74, 6) is -0.432. The third-order valence-corrected chi connectivity index (χ3v) is 6.11. The fourth-order valence-corrected chi connectivity index (χ4v) is 3.86. The molecule has 1 N–H and O–H groups in total. The van der Waals surface area contributed by atoms with E-state index in [1.807, 2.05) is 0 Å². The Balaban J connectivity index is 1.71. The third kappa shape index (κ3) is 3.73. The monoisotopic (exact) mass is 375 g/mol. The van der Waals surface area contributed by atoms with E-state index in [2.05, 4.69) is 5.32 Å². The number of anilines is 1. The minimum atomic E-state index is -3.55. The number of amides is 1. The number of nitrogens with zero attached hydrogens (tertiary/aromatic N) is 2. The lowest BCUT2D eigenvalue weighted by Crippen LogP contribution is -2.29. The van der Waals surface area contributed by atoms with Crippen LogP contribution in [0.4, 0.5) is 11.4 Å². The Morgan fingerprint density at radius 2 is 1.69 bits per heavy atom. The second-order valence-electron chi connectivity index (χ2n) is 6.03. The summed E-state index contributed by atoms with van der Waals surface area (Å²) in [5.41, 5.74) is 0.625. The molecule has 26 heavy (non-hydrogen) atoms. The summed E-state index contributed by atoms with van der Waals surface area (Å²) in [6.07, 6.45) is 1.73. The molecule has 0 unspecified atom stereocenters. The number of nitro benzene ring substituents is 1. The SMILES string of the molecule is CN(C1CC1)S(=O)(=O)c1ccc(C(=O)Nc2ccc([N+](=O)[O-])cc2)cc1. The summed E-state index contributed by atoms with van der Waals surface area (Å²) < 4.78 is 26.2. The molecule has 0 aromatic heterocycles.